The van der Waals surface area contributed by atoms with Crippen LogP contribution in [0.3, 0.4) is 0 Å². The van der Waals surface area contributed by atoms with E-state index in [2.05, 4.69) is 36.1 Å². The minimum absolute atomic E-state index is 0.213. The van der Waals surface area contributed by atoms with Crippen LogP contribution < -0.4 is 19.5 Å². The number of hydrogen-bond donors (Lipinski definition) is 1. The number of carbonyl (C=O) groups excluding carboxylic acids is 1. The molecule has 35 heavy (non-hydrogen) atoms. The molecule has 2 heterocycles. The third-order valence-corrected chi connectivity index (χ3v) is 6.46. The van der Waals surface area contributed by atoms with E-state index in [1.165, 1.54) is 13.3 Å². The predicted molar refractivity (Wildman–Crippen MR) is 137 cm³/mol. The van der Waals surface area contributed by atoms with Crippen LogP contribution in [0, 0.1) is 0 Å². The van der Waals surface area contributed by atoms with Crippen LogP contribution in [0.25, 0.3) is 10.9 Å². The van der Waals surface area contributed by atoms with Crippen LogP contribution in [0.1, 0.15) is 19.8 Å². The number of methoxy groups -OCH3 is 2. The van der Waals surface area contributed by atoms with Gasteiger partial charge in [-0.1, -0.05) is 0 Å². The molecule has 10 heteroatoms. The molecule has 1 aliphatic rings. The SMILES string of the molecule is COc1ccc(Br)c(Nc2ncnc3cc(OCC(CN4CCCC4)OC(C)=O)c(OC)cc23)c1. The topological polar surface area (TPSA) is 95.0 Å². The van der Waals surface area contributed by atoms with Crippen LogP contribution in [0.2, 0.25) is 0 Å². The second kappa shape index (κ2) is 11.5. The fourth-order valence-corrected chi connectivity index (χ4v) is 4.43. The van der Waals surface area contributed by atoms with Crippen molar-refractivity contribution < 1.29 is 23.7 Å². The lowest BCUT2D eigenvalue weighted by Gasteiger charge is -2.23. The zero-order valence-electron chi connectivity index (χ0n) is 20.0. The van der Waals surface area contributed by atoms with Crippen molar-refractivity contribution >= 4 is 44.3 Å². The van der Waals surface area contributed by atoms with Crippen LogP contribution >= 0.6 is 15.9 Å². The molecule has 186 valence electrons. The summed E-state index contributed by atoms with van der Waals surface area (Å²) in [5.74, 6) is 2.06. The molecular formula is C25H29BrN4O5. The van der Waals surface area contributed by atoms with Crippen molar-refractivity contribution in [2.75, 3.05) is 45.8 Å². The molecule has 1 saturated heterocycles. The summed E-state index contributed by atoms with van der Waals surface area (Å²) < 4.78 is 23.4. The normalized spacial score (nSPS) is 14.5. The number of anilines is 2. The monoisotopic (exact) mass is 544 g/mol. The zero-order valence-corrected chi connectivity index (χ0v) is 21.6. The lowest BCUT2D eigenvalue weighted by Crippen LogP contribution is -2.36. The number of fused-ring (bicyclic) bond motifs is 1. The van der Waals surface area contributed by atoms with Crippen LogP contribution in [0.5, 0.6) is 17.2 Å². The number of esters is 1. The molecule has 0 aliphatic carbocycles. The van der Waals surface area contributed by atoms with Gasteiger partial charge in [-0.05, 0) is 60.1 Å². The van der Waals surface area contributed by atoms with Crippen LogP contribution in [-0.4, -0.2) is 67.4 Å². The van der Waals surface area contributed by atoms with Gasteiger partial charge in [-0.2, -0.15) is 0 Å². The average Bonchev–Trinajstić information content (AvgIpc) is 3.36. The number of rotatable bonds is 10. The Morgan fingerprint density at radius 2 is 1.91 bits per heavy atom. The van der Waals surface area contributed by atoms with Gasteiger partial charge in [-0.15, -0.1) is 0 Å². The van der Waals surface area contributed by atoms with E-state index in [4.69, 9.17) is 18.9 Å². The summed E-state index contributed by atoms with van der Waals surface area (Å²) in [7, 11) is 3.20. The highest BCUT2D eigenvalue weighted by Crippen LogP contribution is 2.36. The van der Waals surface area contributed by atoms with Gasteiger partial charge in [-0.25, -0.2) is 9.97 Å². The Hall–Kier alpha value is -3.11. The van der Waals surface area contributed by atoms with E-state index in [1.54, 1.807) is 14.2 Å². The number of halogens is 1. The Labute approximate surface area is 212 Å². The lowest BCUT2D eigenvalue weighted by atomic mass is 10.2. The quantitative estimate of drug-likeness (QED) is 0.368. The van der Waals surface area contributed by atoms with Gasteiger partial charge in [0, 0.05) is 35.5 Å². The Bertz CT molecular complexity index is 1190. The molecule has 1 fully saturated rings. The summed E-state index contributed by atoms with van der Waals surface area (Å²) in [4.78, 5) is 22.8. The maximum atomic E-state index is 11.6. The van der Waals surface area contributed by atoms with Gasteiger partial charge in [0.2, 0.25) is 0 Å². The van der Waals surface area contributed by atoms with Crippen LogP contribution in [-0.2, 0) is 9.53 Å². The molecule has 1 N–H and O–H groups in total. The highest BCUT2D eigenvalue weighted by molar-refractivity contribution is 9.10. The van der Waals surface area contributed by atoms with Crippen molar-refractivity contribution in [3.05, 3.63) is 41.1 Å². The van der Waals surface area contributed by atoms with Crippen molar-refractivity contribution in [1.29, 1.82) is 0 Å². The third-order valence-electron chi connectivity index (χ3n) is 5.77. The summed E-state index contributed by atoms with van der Waals surface area (Å²) in [6, 6.07) is 9.29. The van der Waals surface area contributed by atoms with Gasteiger partial charge in [0.05, 0.1) is 25.4 Å². The average molecular weight is 545 g/mol. The van der Waals surface area contributed by atoms with Gasteiger partial charge in [0.25, 0.3) is 0 Å². The minimum atomic E-state index is -0.376. The maximum absolute atomic E-state index is 11.6. The standard InChI is InChI=1S/C25H29BrN4O5/c1-16(31)35-18(13-30-8-4-5-9-30)14-34-24-12-21-19(11-23(24)33-3)25(28-15-27-21)29-22-10-17(32-2)6-7-20(22)26/h6-7,10-12,15,18H,4-5,8-9,13-14H2,1-3H3,(H,27,28,29). The van der Waals surface area contributed by atoms with Gasteiger partial charge >= 0.3 is 5.97 Å². The third kappa shape index (κ3) is 6.32. The maximum Gasteiger partial charge on any atom is 0.303 e. The number of benzene rings is 2. The van der Waals surface area contributed by atoms with Gasteiger partial charge in [-0.3, -0.25) is 9.69 Å². The Kier molecular flexibility index (Phi) is 8.25. The molecule has 2 aromatic carbocycles. The Morgan fingerprint density at radius 3 is 2.63 bits per heavy atom. The van der Waals surface area contributed by atoms with E-state index in [0.29, 0.717) is 29.4 Å². The molecule has 0 saturated carbocycles. The van der Waals surface area contributed by atoms with Crippen molar-refractivity contribution in [3.63, 3.8) is 0 Å². The molecule has 0 amide bonds. The second-order valence-electron chi connectivity index (χ2n) is 8.26. The summed E-state index contributed by atoms with van der Waals surface area (Å²) in [6.45, 7) is 4.28. The lowest BCUT2D eigenvalue weighted by molar-refractivity contribution is -0.148. The van der Waals surface area contributed by atoms with Crippen LogP contribution in [0.4, 0.5) is 11.5 Å². The van der Waals surface area contributed by atoms with E-state index in [-0.39, 0.29) is 18.7 Å². The smallest absolute Gasteiger partial charge is 0.303 e. The predicted octanol–water partition coefficient (Wildman–Crippen LogP) is 4.56. The fraction of sp³-hybridized carbons (Fsp3) is 0.400. The number of nitrogens with zero attached hydrogens (tertiary/aromatic N) is 3. The van der Waals surface area contributed by atoms with E-state index >= 15 is 0 Å². The van der Waals surface area contributed by atoms with Gasteiger partial charge < -0.3 is 24.3 Å². The van der Waals surface area contributed by atoms with Crippen LogP contribution in [0.15, 0.2) is 41.1 Å². The van der Waals surface area contributed by atoms with E-state index < -0.39 is 0 Å². The van der Waals surface area contributed by atoms with E-state index in [1.807, 2.05) is 30.3 Å². The first-order valence-corrected chi connectivity index (χ1v) is 12.2. The Balaban J connectivity index is 1.57. The number of likely N-dealkylation sites (tertiary alicyclic amines) is 1. The molecule has 4 rings (SSSR count). The highest BCUT2D eigenvalue weighted by atomic mass is 79.9. The molecule has 1 atom stereocenters. The second-order valence-corrected chi connectivity index (χ2v) is 9.12. The molecule has 1 unspecified atom stereocenters. The summed E-state index contributed by atoms with van der Waals surface area (Å²) in [5, 5.41) is 4.10. The molecule has 0 bridgehead atoms. The molecule has 1 aromatic heterocycles. The number of ether oxygens (including phenoxy) is 4. The molecule has 9 nitrogen and oxygen atoms in total. The van der Waals surface area contributed by atoms with Gasteiger partial charge in [0.1, 0.15) is 30.6 Å². The van der Waals surface area contributed by atoms with Crippen molar-refractivity contribution in [1.82, 2.24) is 14.9 Å². The minimum Gasteiger partial charge on any atom is -0.497 e. The fourth-order valence-electron chi connectivity index (χ4n) is 4.09. The highest BCUT2D eigenvalue weighted by Gasteiger charge is 2.22. The number of carbonyl (C=O) groups is 1. The summed E-state index contributed by atoms with van der Waals surface area (Å²) in [5.41, 5.74) is 1.48. The van der Waals surface area contributed by atoms with Gasteiger partial charge in [0.15, 0.2) is 11.5 Å². The molecule has 0 radical (unpaired) electrons. The number of aromatic nitrogens is 2. The van der Waals surface area contributed by atoms with Crippen molar-refractivity contribution in [2.45, 2.75) is 25.9 Å². The largest absolute Gasteiger partial charge is 0.497 e. The first-order chi connectivity index (χ1) is 17.0. The molecule has 0 spiro atoms. The first kappa shape index (κ1) is 25.0. The Morgan fingerprint density at radius 1 is 1.11 bits per heavy atom. The van der Waals surface area contributed by atoms with E-state index in [0.717, 1.165) is 47.2 Å². The summed E-state index contributed by atoms with van der Waals surface area (Å²) in [6.07, 6.45) is 3.44. The van der Waals surface area contributed by atoms with Crippen molar-refractivity contribution in [2.24, 2.45) is 0 Å². The molecule has 3 aromatic rings. The summed E-state index contributed by atoms with van der Waals surface area (Å²) >= 11 is 3.56. The van der Waals surface area contributed by atoms with E-state index in [9.17, 15) is 4.79 Å². The van der Waals surface area contributed by atoms with Crippen molar-refractivity contribution in [3.8, 4) is 17.2 Å². The number of hydrogen-bond acceptors (Lipinski definition) is 9. The number of nitrogens with one attached hydrogen (secondary N) is 1. The zero-order chi connectivity index (χ0) is 24.8. The molecular weight excluding hydrogens is 516 g/mol. The first-order valence-electron chi connectivity index (χ1n) is 11.4. The molecule has 1 aliphatic heterocycles.